The number of aliphatic hydroxyl groups excluding tert-OH is 2. The number of urea groups is 1. The van der Waals surface area contributed by atoms with E-state index in [1.165, 1.54) is 12.1 Å². The third kappa shape index (κ3) is 13.4. The zero-order valence-corrected chi connectivity index (χ0v) is 27.5. The number of piperidine rings is 1. The molecule has 0 spiro atoms. The molecule has 2 saturated heterocycles. The first-order valence-electron chi connectivity index (χ1n) is 16.2. The Morgan fingerprint density at radius 3 is 2.04 bits per heavy atom. The van der Waals surface area contributed by atoms with E-state index in [0.29, 0.717) is 25.6 Å². The third-order valence-corrected chi connectivity index (χ3v) is 7.86. The maximum absolute atomic E-state index is 13.5. The van der Waals surface area contributed by atoms with Crippen molar-refractivity contribution in [2.75, 3.05) is 39.5 Å². The number of rotatable bonds is 14. The summed E-state index contributed by atoms with van der Waals surface area (Å²) in [6, 6.07) is 14.3. The Balaban J connectivity index is 0.000000542. The number of hydrogen-bond donors (Lipinski definition) is 5. The van der Waals surface area contributed by atoms with Crippen LogP contribution in [0.15, 0.2) is 48.5 Å². The highest BCUT2D eigenvalue weighted by molar-refractivity contribution is 5.83. The van der Waals surface area contributed by atoms with Gasteiger partial charge < -0.3 is 49.8 Å². The Morgan fingerprint density at radius 1 is 0.938 bits per heavy atom. The van der Waals surface area contributed by atoms with Crippen LogP contribution in [-0.4, -0.2) is 112 Å². The normalized spacial score (nSPS) is 17.1. The van der Waals surface area contributed by atoms with Gasteiger partial charge in [0.15, 0.2) is 18.5 Å². The van der Waals surface area contributed by atoms with Crippen LogP contribution in [0.5, 0.6) is 5.75 Å². The van der Waals surface area contributed by atoms with Gasteiger partial charge in [0.05, 0.1) is 19.8 Å². The minimum absolute atomic E-state index is 0.0990. The van der Waals surface area contributed by atoms with Gasteiger partial charge in [-0.3, -0.25) is 0 Å². The molecule has 2 aliphatic heterocycles. The zero-order valence-electron chi connectivity index (χ0n) is 27.5. The average molecular weight is 678 g/mol. The number of amides is 2. The zero-order chi connectivity index (χ0) is 35.1. The molecule has 2 fully saturated rings. The van der Waals surface area contributed by atoms with Crippen molar-refractivity contribution >= 4 is 18.0 Å². The molecule has 266 valence electrons. The second kappa shape index (κ2) is 19.9. The Morgan fingerprint density at radius 2 is 1.50 bits per heavy atom. The number of nitrogens with one attached hydrogen (secondary N) is 1. The summed E-state index contributed by atoms with van der Waals surface area (Å²) in [5.74, 6) is -2.51. The van der Waals surface area contributed by atoms with Crippen LogP contribution in [0.3, 0.4) is 0 Å². The lowest BCUT2D eigenvalue weighted by atomic mass is 10.0. The summed E-state index contributed by atoms with van der Waals surface area (Å²) < 4.78 is 30.6. The van der Waals surface area contributed by atoms with Crippen molar-refractivity contribution in [2.45, 2.75) is 77.2 Å². The molecule has 14 heteroatoms. The first-order valence-corrected chi connectivity index (χ1v) is 16.2. The number of ether oxygens (including phenoxy) is 3. The number of carboxylic acid groups (broad SMARTS) is 2. The lowest BCUT2D eigenvalue weighted by Gasteiger charge is -2.39. The highest BCUT2D eigenvalue weighted by Crippen LogP contribution is 2.21. The molecule has 0 saturated carbocycles. The summed E-state index contributed by atoms with van der Waals surface area (Å²) in [7, 11) is 0. The van der Waals surface area contributed by atoms with Gasteiger partial charge in [0.1, 0.15) is 11.6 Å². The number of nitrogens with zero attached hydrogens (tertiary/aromatic N) is 2. The van der Waals surface area contributed by atoms with Crippen LogP contribution in [0.1, 0.15) is 50.7 Å². The molecule has 0 radical (unpaired) electrons. The van der Waals surface area contributed by atoms with Gasteiger partial charge in [-0.25, -0.2) is 18.8 Å². The highest BCUT2D eigenvalue weighted by atomic mass is 19.1. The number of hydrogen-bond acceptors (Lipinski definition) is 9. The van der Waals surface area contributed by atoms with E-state index in [1.807, 2.05) is 29.2 Å². The van der Waals surface area contributed by atoms with Gasteiger partial charge >= 0.3 is 18.0 Å². The van der Waals surface area contributed by atoms with Crippen molar-refractivity contribution < 1.29 is 53.4 Å². The lowest BCUT2D eigenvalue weighted by molar-refractivity contribution is -0.182. The molecule has 13 nitrogen and oxygen atoms in total. The van der Waals surface area contributed by atoms with E-state index in [1.54, 1.807) is 12.1 Å². The summed E-state index contributed by atoms with van der Waals surface area (Å²) in [4.78, 5) is 37.3. The number of carboxylic acids is 2. The first kappa shape index (κ1) is 38.6. The standard InChI is InChI=1S/C30H42FN3O4.C4H6O6/c1-23(2)22-38-28-10-6-24(7-11-28)20-32-30(35)34(21-25-4-8-26(31)9-5-25)27-12-15-33(16-13-27)17-14-29-36-18-3-19-37-29;5-1(3(7)8)2(6)4(9)10/h4-11,23,27,29H,3,12-22H2,1-2H3,(H,32,35);1-2,5-6H,(H,7,8)(H,9,10). The molecule has 4 rings (SSSR count). The molecular formula is C34H48FN3O10. The quantitative estimate of drug-likeness (QED) is 0.199. The lowest BCUT2D eigenvalue weighted by Crippen LogP contribution is -2.50. The number of benzene rings is 2. The van der Waals surface area contributed by atoms with Crippen LogP contribution in [0.25, 0.3) is 0 Å². The molecule has 0 aromatic heterocycles. The highest BCUT2D eigenvalue weighted by Gasteiger charge is 2.30. The number of carbonyl (C=O) groups is 3. The van der Waals surface area contributed by atoms with Gasteiger partial charge in [0, 0.05) is 45.2 Å². The topological polar surface area (TPSA) is 178 Å². The number of halogens is 1. The van der Waals surface area contributed by atoms with E-state index in [4.69, 9.17) is 34.6 Å². The molecule has 0 bridgehead atoms. The summed E-state index contributed by atoms with van der Waals surface area (Å²) >= 11 is 0. The van der Waals surface area contributed by atoms with Crippen LogP contribution < -0.4 is 10.1 Å². The fourth-order valence-electron chi connectivity index (χ4n) is 5.11. The van der Waals surface area contributed by atoms with E-state index in [-0.39, 0.29) is 24.2 Å². The average Bonchev–Trinajstić information content (AvgIpc) is 3.09. The Bertz CT molecular complexity index is 1250. The maximum Gasteiger partial charge on any atom is 0.335 e. The molecule has 2 heterocycles. The van der Waals surface area contributed by atoms with Crippen molar-refractivity contribution in [2.24, 2.45) is 5.92 Å². The molecule has 0 aliphatic carbocycles. The second-order valence-corrected chi connectivity index (χ2v) is 12.2. The van der Waals surface area contributed by atoms with Crippen molar-refractivity contribution in [1.29, 1.82) is 0 Å². The van der Waals surface area contributed by atoms with Gasteiger partial charge in [-0.05, 0) is 60.6 Å². The Hall–Kier alpha value is -3.82. The van der Waals surface area contributed by atoms with Crippen LogP contribution >= 0.6 is 0 Å². The van der Waals surface area contributed by atoms with Gasteiger partial charge in [0.2, 0.25) is 0 Å². The fraction of sp³-hybridized carbons (Fsp3) is 0.559. The fourth-order valence-corrected chi connectivity index (χ4v) is 5.11. The van der Waals surface area contributed by atoms with E-state index in [2.05, 4.69) is 24.1 Å². The summed E-state index contributed by atoms with van der Waals surface area (Å²) in [5, 5.41) is 35.6. The minimum atomic E-state index is -2.27. The SMILES string of the molecule is CC(C)COc1ccc(CNC(=O)N(Cc2ccc(F)cc2)C2CCN(CCC3OCCCO3)CC2)cc1.O=C(O)C(O)C(O)C(=O)O. The Kier molecular flexibility index (Phi) is 16.0. The predicted octanol–water partition coefficient (Wildman–Crippen LogP) is 3.07. The second-order valence-electron chi connectivity index (χ2n) is 12.2. The van der Waals surface area contributed by atoms with Crippen LogP contribution in [-0.2, 0) is 32.2 Å². The van der Waals surface area contributed by atoms with Crippen molar-refractivity contribution in [3.05, 3.63) is 65.5 Å². The first-order chi connectivity index (χ1) is 22.9. The van der Waals surface area contributed by atoms with Gasteiger partial charge in [0.25, 0.3) is 0 Å². The van der Waals surface area contributed by atoms with Crippen molar-refractivity contribution in [3.63, 3.8) is 0 Å². The summed E-state index contributed by atoms with van der Waals surface area (Å²) in [6.07, 6.45) is -1.02. The summed E-state index contributed by atoms with van der Waals surface area (Å²) in [5.41, 5.74) is 1.93. The Labute approximate surface area is 280 Å². The van der Waals surface area contributed by atoms with E-state index >= 15 is 0 Å². The number of aliphatic carboxylic acids is 2. The van der Waals surface area contributed by atoms with Crippen LogP contribution in [0, 0.1) is 11.7 Å². The third-order valence-electron chi connectivity index (χ3n) is 7.86. The van der Waals surface area contributed by atoms with E-state index in [9.17, 15) is 18.8 Å². The molecule has 5 N–H and O–H groups in total. The molecule has 2 unspecified atom stereocenters. The molecule has 2 aromatic rings. The monoisotopic (exact) mass is 677 g/mol. The molecular weight excluding hydrogens is 629 g/mol. The maximum atomic E-state index is 13.5. The van der Waals surface area contributed by atoms with Gasteiger partial charge in [-0.1, -0.05) is 38.1 Å². The van der Waals surface area contributed by atoms with Crippen molar-refractivity contribution in [1.82, 2.24) is 15.1 Å². The predicted molar refractivity (Wildman–Crippen MR) is 173 cm³/mol. The molecule has 2 amide bonds. The van der Waals surface area contributed by atoms with E-state index < -0.39 is 24.1 Å². The molecule has 2 atom stereocenters. The summed E-state index contributed by atoms with van der Waals surface area (Å²) in [6.45, 7) is 10.1. The smallest absolute Gasteiger partial charge is 0.335 e. The van der Waals surface area contributed by atoms with Crippen LogP contribution in [0.2, 0.25) is 0 Å². The number of aliphatic hydroxyl groups is 2. The molecule has 2 aromatic carbocycles. The van der Waals surface area contributed by atoms with Gasteiger partial charge in [-0.2, -0.15) is 0 Å². The molecule has 48 heavy (non-hydrogen) atoms. The molecule has 2 aliphatic rings. The largest absolute Gasteiger partial charge is 0.493 e. The van der Waals surface area contributed by atoms with E-state index in [0.717, 1.165) is 75.4 Å². The van der Waals surface area contributed by atoms with Crippen LogP contribution in [0.4, 0.5) is 9.18 Å². The number of likely N-dealkylation sites (tertiary alicyclic amines) is 1. The number of carbonyl (C=O) groups excluding carboxylic acids is 1. The van der Waals surface area contributed by atoms with Crippen molar-refractivity contribution in [3.8, 4) is 5.75 Å². The van der Waals surface area contributed by atoms with Gasteiger partial charge in [-0.15, -0.1) is 0 Å². The minimum Gasteiger partial charge on any atom is -0.493 e.